The Hall–Kier alpha value is -2.94. The van der Waals surface area contributed by atoms with Gasteiger partial charge in [0, 0.05) is 19.3 Å². The number of rotatable bonds is 19. The van der Waals surface area contributed by atoms with Crippen LogP contribution in [-0.2, 0) is 35.1 Å². The highest BCUT2D eigenvalue weighted by Gasteiger charge is 2.22. The lowest BCUT2D eigenvalue weighted by atomic mass is 10.1. The predicted octanol–water partition coefficient (Wildman–Crippen LogP) is 5.44. The Morgan fingerprint density at radius 3 is 1.97 bits per heavy atom. The third kappa shape index (κ3) is 14.7. The lowest BCUT2D eigenvalue weighted by Crippen LogP contribution is -2.37. The van der Waals surface area contributed by atoms with Gasteiger partial charge in [-0.1, -0.05) is 65.9 Å². The molecule has 2 N–H and O–H groups in total. The summed E-state index contributed by atoms with van der Waals surface area (Å²) >= 11 is 0. The normalized spacial score (nSPS) is 13.2. The van der Waals surface area contributed by atoms with Crippen molar-refractivity contribution in [2.75, 3.05) is 6.61 Å². The highest BCUT2D eigenvalue weighted by atomic mass is 16.6. The number of ether oxygens (including phenoxy) is 4. The van der Waals surface area contributed by atoms with Gasteiger partial charge in [-0.25, -0.2) is 0 Å². The Labute approximate surface area is 233 Å². The largest absolute Gasteiger partial charge is 0.462 e. The van der Waals surface area contributed by atoms with Crippen LogP contribution in [0.3, 0.4) is 0 Å². The molecule has 1 aromatic carbocycles. The average Bonchev–Trinajstić information content (AvgIpc) is 2.89. The van der Waals surface area contributed by atoms with E-state index in [0.717, 1.165) is 32.1 Å². The highest BCUT2D eigenvalue weighted by molar-refractivity contribution is 5.77. The molecule has 0 amide bonds. The molecule has 0 aliphatic rings. The maximum atomic E-state index is 12.5. The standard InChI is InChI=1S/C30H47NO8/c1-6-9-11-13-27(32)38-25-16-15-23(19-26(25)39-28(33)14-12-10-7-2)18-24(31)30(35)37-22(5)20-36-29(34)17-21(4)8-3/h15-16,19,21-22,24H,6-14,17-18,20,31H2,1-5H3/t21?,22-,24-/m0/s1. The number of unbranched alkanes of at least 4 members (excludes halogenated alkanes) is 4. The summed E-state index contributed by atoms with van der Waals surface area (Å²) < 4.78 is 21.5. The van der Waals surface area contributed by atoms with Crippen molar-refractivity contribution in [2.45, 2.75) is 117 Å². The molecule has 3 atom stereocenters. The Balaban J connectivity index is 2.81. The summed E-state index contributed by atoms with van der Waals surface area (Å²) in [6, 6.07) is 3.76. The fraction of sp³-hybridized carbons (Fsp3) is 0.667. The number of hydrogen-bond donors (Lipinski definition) is 1. The van der Waals surface area contributed by atoms with Gasteiger partial charge in [0.25, 0.3) is 0 Å². The van der Waals surface area contributed by atoms with Crippen LogP contribution >= 0.6 is 0 Å². The number of carbonyl (C=O) groups excluding carboxylic acids is 4. The van der Waals surface area contributed by atoms with Crippen molar-refractivity contribution in [3.8, 4) is 11.5 Å². The van der Waals surface area contributed by atoms with Crippen LogP contribution in [-0.4, -0.2) is 42.6 Å². The van der Waals surface area contributed by atoms with Crippen molar-refractivity contribution in [2.24, 2.45) is 11.7 Å². The highest BCUT2D eigenvalue weighted by Crippen LogP contribution is 2.30. The van der Waals surface area contributed by atoms with E-state index in [0.29, 0.717) is 24.8 Å². The number of esters is 4. The van der Waals surface area contributed by atoms with Gasteiger partial charge in [0.05, 0.1) is 0 Å². The molecule has 0 saturated heterocycles. The monoisotopic (exact) mass is 549 g/mol. The first kappa shape index (κ1) is 34.1. The van der Waals surface area contributed by atoms with Gasteiger partial charge in [-0.2, -0.15) is 0 Å². The first-order chi connectivity index (χ1) is 18.6. The lowest BCUT2D eigenvalue weighted by Gasteiger charge is -2.18. The van der Waals surface area contributed by atoms with E-state index in [4.69, 9.17) is 24.7 Å². The quantitative estimate of drug-likeness (QED) is 0.136. The van der Waals surface area contributed by atoms with Gasteiger partial charge in [-0.3, -0.25) is 19.2 Å². The number of carbonyl (C=O) groups is 4. The average molecular weight is 550 g/mol. The van der Waals surface area contributed by atoms with Crippen LogP contribution in [0.25, 0.3) is 0 Å². The minimum absolute atomic E-state index is 0.0514. The van der Waals surface area contributed by atoms with Gasteiger partial charge in [0.15, 0.2) is 11.5 Å². The second-order valence-electron chi connectivity index (χ2n) is 10.1. The molecule has 0 heterocycles. The Kier molecular flexibility index (Phi) is 16.8. The van der Waals surface area contributed by atoms with E-state index in [1.165, 1.54) is 0 Å². The molecule has 1 unspecified atom stereocenters. The molecule has 1 aromatic rings. The molecule has 1 rings (SSSR count). The van der Waals surface area contributed by atoms with Crippen LogP contribution in [0.5, 0.6) is 11.5 Å². The number of benzene rings is 1. The molecule has 39 heavy (non-hydrogen) atoms. The molecule has 0 fully saturated rings. The fourth-order valence-corrected chi connectivity index (χ4v) is 3.58. The molecule has 220 valence electrons. The minimum Gasteiger partial charge on any atom is -0.462 e. The van der Waals surface area contributed by atoms with Gasteiger partial charge >= 0.3 is 23.9 Å². The second kappa shape index (κ2) is 19.2. The molecular weight excluding hydrogens is 502 g/mol. The SMILES string of the molecule is CCCCCC(=O)Oc1ccc(C[C@H](N)C(=O)O[C@@H](C)COC(=O)CC(C)CC)cc1OC(=O)CCCCC. The third-order valence-electron chi connectivity index (χ3n) is 6.19. The van der Waals surface area contributed by atoms with Gasteiger partial charge in [-0.15, -0.1) is 0 Å². The van der Waals surface area contributed by atoms with Gasteiger partial charge in [0.1, 0.15) is 18.8 Å². The molecule has 0 aromatic heterocycles. The van der Waals surface area contributed by atoms with E-state index in [9.17, 15) is 19.2 Å². The number of hydrogen-bond acceptors (Lipinski definition) is 9. The zero-order valence-corrected chi connectivity index (χ0v) is 24.3. The van der Waals surface area contributed by atoms with Crippen LogP contribution in [0.2, 0.25) is 0 Å². The molecule has 0 radical (unpaired) electrons. The number of nitrogens with two attached hydrogens (primary N) is 1. The Bertz CT molecular complexity index is 916. The maximum absolute atomic E-state index is 12.5. The van der Waals surface area contributed by atoms with Crippen LogP contribution < -0.4 is 15.2 Å². The van der Waals surface area contributed by atoms with Crippen LogP contribution in [0, 0.1) is 5.92 Å². The van der Waals surface area contributed by atoms with Gasteiger partial charge in [-0.05, 0) is 49.8 Å². The summed E-state index contributed by atoms with van der Waals surface area (Å²) in [6.07, 6.45) is 6.32. The molecule has 9 heteroatoms. The molecule has 0 aliphatic carbocycles. The smallest absolute Gasteiger partial charge is 0.323 e. The summed E-state index contributed by atoms with van der Waals surface area (Å²) in [7, 11) is 0. The van der Waals surface area contributed by atoms with E-state index in [1.807, 2.05) is 27.7 Å². The van der Waals surface area contributed by atoms with Crippen molar-refractivity contribution < 1.29 is 38.1 Å². The molecule has 0 aliphatic heterocycles. The first-order valence-corrected chi connectivity index (χ1v) is 14.2. The molecule has 0 saturated carbocycles. The lowest BCUT2D eigenvalue weighted by molar-refractivity contribution is -0.159. The van der Waals surface area contributed by atoms with Crippen molar-refractivity contribution in [1.82, 2.24) is 0 Å². The topological polar surface area (TPSA) is 131 Å². The van der Waals surface area contributed by atoms with Crippen molar-refractivity contribution >= 4 is 23.9 Å². The van der Waals surface area contributed by atoms with Gasteiger partial charge < -0.3 is 24.7 Å². The Morgan fingerprint density at radius 1 is 0.821 bits per heavy atom. The molecular formula is C30H47NO8. The van der Waals surface area contributed by atoms with E-state index in [2.05, 4.69) is 0 Å². The second-order valence-corrected chi connectivity index (χ2v) is 10.1. The van der Waals surface area contributed by atoms with Crippen molar-refractivity contribution in [3.05, 3.63) is 23.8 Å². The Morgan fingerprint density at radius 2 is 1.41 bits per heavy atom. The summed E-state index contributed by atoms with van der Waals surface area (Å²) in [4.78, 5) is 49.1. The van der Waals surface area contributed by atoms with Gasteiger partial charge in [0.2, 0.25) is 0 Å². The third-order valence-corrected chi connectivity index (χ3v) is 6.19. The fourth-order valence-electron chi connectivity index (χ4n) is 3.58. The summed E-state index contributed by atoms with van der Waals surface area (Å²) in [5, 5.41) is 0. The van der Waals surface area contributed by atoms with E-state index in [1.54, 1.807) is 25.1 Å². The van der Waals surface area contributed by atoms with Crippen molar-refractivity contribution in [3.63, 3.8) is 0 Å². The summed E-state index contributed by atoms with van der Waals surface area (Å²) in [5.41, 5.74) is 6.69. The van der Waals surface area contributed by atoms with E-state index >= 15 is 0 Å². The first-order valence-electron chi connectivity index (χ1n) is 14.2. The maximum Gasteiger partial charge on any atom is 0.323 e. The van der Waals surface area contributed by atoms with Crippen LogP contribution in [0.4, 0.5) is 0 Å². The van der Waals surface area contributed by atoms with E-state index in [-0.39, 0.29) is 49.3 Å². The predicted molar refractivity (Wildman–Crippen MR) is 148 cm³/mol. The molecule has 0 bridgehead atoms. The van der Waals surface area contributed by atoms with Crippen molar-refractivity contribution in [1.29, 1.82) is 0 Å². The van der Waals surface area contributed by atoms with Crippen LogP contribution in [0.1, 0.15) is 104 Å². The molecule has 0 spiro atoms. The zero-order chi connectivity index (χ0) is 29.2. The zero-order valence-electron chi connectivity index (χ0n) is 24.3. The van der Waals surface area contributed by atoms with E-state index < -0.39 is 30.1 Å². The summed E-state index contributed by atoms with van der Waals surface area (Å²) in [6.45, 7) is 9.63. The minimum atomic E-state index is -1.00. The van der Waals surface area contributed by atoms with Crippen LogP contribution in [0.15, 0.2) is 18.2 Å². The summed E-state index contributed by atoms with van der Waals surface area (Å²) in [5.74, 6) is -1.33. The molecule has 9 nitrogen and oxygen atoms in total.